The largest absolute Gasteiger partial charge is 0.394 e. The van der Waals surface area contributed by atoms with Crippen LogP contribution in [0.1, 0.15) is 198 Å². The Kier molecular flexibility index (Phi) is 53.7. The molecule has 0 aliphatic heterocycles. The van der Waals surface area contributed by atoms with Gasteiger partial charge in [-0.1, -0.05) is 88.5 Å². The van der Waals surface area contributed by atoms with Crippen LogP contribution >= 0.6 is 23.5 Å². The van der Waals surface area contributed by atoms with Crippen LogP contribution in [0.4, 0.5) is 0 Å². The van der Waals surface area contributed by atoms with Crippen molar-refractivity contribution >= 4 is 118 Å². The maximum Gasteiger partial charge on any atom is 0.245 e. The molecule has 119 heavy (non-hydrogen) atoms. The summed E-state index contributed by atoms with van der Waals surface area (Å²) in [4.78, 5) is 229. The zero-order chi connectivity index (χ0) is 90.2. The van der Waals surface area contributed by atoms with Crippen LogP contribution in [-0.4, -0.2) is 257 Å². The number of H-pyrrole nitrogens is 1. The summed E-state index contributed by atoms with van der Waals surface area (Å²) in [5.74, 6) is -13.8. The van der Waals surface area contributed by atoms with Gasteiger partial charge in [0.15, 0.2) is 0 Å². The van der Waals surface area contributed by atoms with Gasteiger partial charge in [-0.25, -0.2) is 4.98 Å². The van der Waals surface area contributed by atoms with Crippen LogP contribution in [0.3, 0.4) is 0 Å². The van der Waals surface area contributed by atoms with Crippen LogP contribution in [0.5, 0.6) is 0 Å². The van der Waals surface area contributed by atoms with Crippen LogP contribution in [0.25, 0.3) is 0 Å². The summed E-state index contributed by atoms with van der Waals surface area (Å²) in [5, 5.41) is 50.4. The molecule has 16 amide bonds. The lowest BCUT2D eigenvalue weighted by Crippen LogP contribution is -2.62. The number of nitrogens with zero attached hydrogens (tertiary/aromatic N) is 1. The van der Waals surface area contributed by atoms with E-state index in [0.717, 1.165) is 0 Å². The molecule has 27 N–H and O–H groups in total. The number of hydrogen-bond acceptors (Lipinski definition) is 24. The van der Waals surface area contributed by atoms with Gasteiger partial charge in [0.05, 0.1) is 19.5 Å². The van der Waals surface area contributed by atoms with Crippen LogP contribution in [-0.2, 0) is 83.1 Å². The van der Waals surface area contributed by atoms with E-state index in [1.165, 1.54) is 56.8 Å². The lowest BCUT2D eigenvalue weighted by molar-refractivity contribution is -0.137. The Labute approximate surface area is 709 Å². The maximum absolute atomic E-state index is 14.7. The van der Waals surface area contributed by atoms with Gasteiger partial charge in [0.1, 0.15) is 90.6 Å². The van der Waals surface area contributed by atoms with Crippen molar-refractivity contribution in [1.82, 2.24) is 89.7 Å². The SMILES string of the molecule is CC[C@H](C)[C@H](NC(=O)CN)C(=O)N[C@@H](CCSC)C(=O)N[C@H](C(=O)N[C@@H](CO)C(=O)N[C@@H](CC(C)C)C(=O)N[C@@H](CCSC)C(=O)N[C@@H](CCCCN)C(=O)N[C@@H](CCCCN)C(=O)N[C@@H](CC(C)C)C(=O)N[C@@H](C)C(=O)N[C@@H](C)C(=O)N[C@@H](Cc1cnc[nH]1)C(=O)N[C@H](C(=O)N[C@@H](C)C(=O)N[C@@H](CCCCN)C(N)=O)[C@@H](C)CC)[C@@H](C)CC. The number of aromatic amines is 1. The molecule has 0 saturated carbocycles. The molecule has 1 heterocycles. The second kappa shape index (κ2) is 59.0. The minimum Gasteiger partial charge on any atom is -0.394 e. The highest BCUT2D eigenvalue weighted by Crippen LogP contribution is 2.18. The molecule has 0 saturated heterocycles. The highest BCUT2D eigenvalue weighted by molar-refractivity contribution is 7.98. The molecule has 41 heteroatoms. The molecule has 0 unspecified atom stereocenters. The van der Waals surface area contributed by atoms with Crippen molar-refractivity contribution in [2.24, 2.45) is 58.3 Å². The van der Waals surface area contributed by atoms with Gasteiger partial charge in [0.25, 0.3) is 0 Å². The van der Waals surface area contributed by atoms with Crippen LogP contribution in [0.15, 0.2) is 12.5 Å². The predicted molar refractivity (Wildman–Crippen MR) is 456 cm³/mol. The highest BCUT2D eigenvalue weighted by Gasteiger charge is 2.40. The number of primary amides is 1. The first-order valence-corrected chi connectivity index (χ1v) is 44.3. The number of aromatic nitrogens is 2. The molecule has 39 nitrogen and oxygen atoms in total. The molecule has 0 aliphatic carbocycles. The number of hydrogen-bond donors (Lipinski definition) is 22. The quantitative estimate of drug-likeness (QED) is 0.0286. The van der Waals surface area contributed by atoms with Crippen molar-refractivity contribution in [2.45, 2.75) is 290 Å². The molecular formula is C78H142N22O17S2. The van der Waals surface area contributed by atoms with Crippen molar-refractivity contribution in [3.05, 3.63) is 18.2 Å². The number of aliphatic hydroxyl groups is 1. The molecule has 0 spiro atoms. The van der Waals surface area contributed by atoms with Crippen molar-refractivity contribution < 1.29 is 81.8 Å². The lowest BCUT2D eigenvalue weighted by Gasteiger charge is -2.30. The number of carbonyl (C=O) groups is 16. The highest BCUT2D eigenvalue weighted by atomic mass is 32.2. The Morgan fingerprint density at radius 3 is 1.03 bits per heavy atom. The smallest absolute Gasteiger partial charge is 0.245 e. The van der Waals surface area contributed by atoms with E-state index in [4.69, 9.17) is 28.7 Å². The van der Waals surface area contributed by atoms with E-state index in [2.05, 4.69) is 89.7 Å². The molecule has 0 fully saturated rings. The average Bonchev–Trinajstić information content (AvgIpc) is 1.04. The fourth-order valence-corrected chi connectivity index (χ4v) is 13.2. The Morgan fingerprint density at radius 1 is 0.370 bits per heavy atom. The molecule has 1 aromatic rings. The van der Waals surface area contributed by atoms with Crippen molar-refractivity contribution in [3.63, 3.8) is 0 Å². The van der Waals surface area contributed by atoms with Gasteiger partial charge in [-0.2, -0.15) is 23.5 Å². The minimum absolute atomic E-state index is 0.00380. The molecule has 1 rings (SSSR count). The minimum atomic E-state index is -1.68. The number of nitrogens with two attached hydrogens (primary N) is 5. The molecule has 0 aromatic carbocycles. The van der Waals surface area contributed by atoms with Crippen molar-refractivity contribution in [2.75, 3.05) is 56.8 Å². The molecule has 0 aliphatic rings. The van der Waals surface area contributed by atoms with E-state index in [1.807, 2.05) is 6.92 Å². The summed E-state index contributed by atoms with van der Waals surface area (Å²) in [6, 6.07) is -19.4. The maximum atomic E-state index is 14.7. The number of unbranched alkanes of at least 4 members (excludes halogenated alkanes) is 3. The number of aliphatic hydroxyl groups excluding tert-OH is 1. The van der Waals surface area contributed by atoms with Gasteiger partial charge < -0.3 is 119 Å². The number of imidazole rings is 1. The number of carbonyl (C=O) groups excluding carboxylic acids is 16. The number of thioether (sulfide) groups is 2. The fraction of sp³-hybridized carbons (Fsp3) is 0.756. The second-order valence-electron chi connectivity index (χ2n) is 31.2. The predicted octanol–water partition coefficient (Wildman–Crippen LogP) is -3.16. The van der Waals surface area contributed by atoms with Gasteiger partial charge in [-0.15, -0.1) is 0 Å². The van der Waals surface area contributed by atoms with E-state index in [9.17, 15) is 81.8 Å². The van der Waals surface area contributed by atoms with E-state index >= 15 is 0 Å². The van der Waals surface area contributed by atoms with Gasteiger partial charge in [0, 0.05) is 18.3 Å². The zero-order valence-electron chi connectivity index (χ0n) is 72.3. The lowest BCUT2D eigenvalue weighted by atomic mass is 9.96. The topological polar surface area (TPSA) is 633 Å². The van der Waals surface area contributed by atoms with E-state index in [-0.39, 0.29) is 88.8 Å². The van der Waals surface area contributed by atoms with E-state index < -0.39 is 204 Å². The standard InChI is InChI=1S/C78H142N22O17S2/c1-16-44(8)61(98-60(102)38-82)77(116)93-55(29-34-119-15)71(110)99-63(46(10)18-3)78(117)97-59(40-101)75(114)96-57(36-43(6)7)73(112)92-54(28-33-118-14)70(109)91-52(26-20-23-31-80)68(107)90-53(27-21-24-32-81)69(108)95-56(35-42(4)5)72(111)87-47(11)65(104)86-48(12)67(106)94-58(37-50-39-84-41-85-50)74(113)100-62(45(9)17-2)76(115)88-49(13)66(105)89-51(64(83)103)25-19-22-30-79/h39,41-49,51-59,61-63,101H,16-38,40,79-82H2,1-15H3,(H2,83,103)(H,84,85)(H,86,104)(H,87,111)(H,88,115)(H,89,105)(H,90,107)(H,91,109)(H,92,112)(H,93,116)(H,94,106)(H,95,108)(H,96,114)(H,97,117)(H,98,102)(H,99,110)(H,100,113)/t44-,45-,46-,47-,48-,49-,51-,52-,53-,54-,55-,56-,57-,58-,59-,61-,62-,63-/m0/s1. The zero-order valence-corrected chi connectivity index (χ0v) is 73.9. The summed E-state index contributed by atoms with van der Waals surface area (Å²) >= 11 is 2.76. The van der Waals surface area contributed by atoms with E-state index in [1.54, 1.807) is 74.8 Å². The normalized spacial score (nSPS) is 15.9. The van der Waals surface area contributed by atoms with Crippen LogP contribution in [0, 0.1) is 29.6 Å². The average molecular weight is 1720 g/mol. The molecular weight excluding hydrogens is 1580 g/mol. The Hall–Kier alpha value is -8.77. The first-order valence-electron chi connectivity index (χ1n) is 41.5. The monoisotopic (exact) mass is 1720 g/mol. The van der Waals surface area contributed by atoms with E-state index in [0.29, 0.717) is 81.5 Å². The molecule has 678 valence electrons. The summed E-state index contributed by atoms with van der Waals surface area (Å²) < 4.78 is 0. The molecule has 1 aromatic heterocycles. The van der Waals surface area contributed by atoms with Crippen LogP contribution in [0.2, 0.25) is 0 Å². The Morgan fingerprint density at radius 2 is 0.664 bits per heavy atom. The summed E-state index contributed by atoms with van der Waals surface area (Å²) in [6.45, 7) is 21.2. The first-order chi connectivity index (χ1) is 56.3. The summed E-state index contributed by atoms with van der Waals surface area (Å²) in [7, 11) is 0. The third kappa shape index (κ3) is 40.9. The van der Waals surface area contributed by atoms with Crippen molar-refractivity contribution in [1.29, 1.82) is 0 Å². The van der Waals surface area contributed by atoms with Gasteiger partial charge in [0.2, 0.25) is 94.5 Å². The number of rotatable bonds is 62. The summed E-state index contributed by atoms with van der Waals surface area (Å²) in [5.41, 5.74) is 28.8. The number of nitrogens with one attached hydrogen (secondary N) is 16. The third-order valence-corrected chi connectivity index (χ3v) is 21.5. The molecule has 18 atom stereocenters. The first kappa shape index (κ1) is 108. The Bertz CT molecular complexity index is 3360. The summed E-state index contributed by atoms with van der Waals surface area (Å²) in [6.07, 6.45) is 10.4. The van der Waals surface area contributed by atoms with Gasteiger partial charge in [-0.3, -0.25) is 76.7 Å². The van der Waals surface area contributed by atoms with Crippen LogP contribution < -0.4 is 108 Å². The fourth-order valence-electron chi connectivity index (χ4n) is 12.2. The molecule has 0 radical (unpaired) electrons. The molecule has 0 bridgehead atoms. The second-order valence-corrected chi connectivity index (χ2v) is 33.1. The van der Waals surface area contributed by atoms with Crippen molar-refractivity contribution in [3.8, 4) is 0 Å². The Balaban J connectivity index is 3.51. The van der Waals surface area contributed by atoms with Gasteiger partial charge >= 0.3 is 0 Å². The van der Waals surface area contributed by atoms with Gasteiger partial charge in [-0.05, 0) is 177 Å². The third-order valence-electron chi connectivity index (χ3n) is 20.2. The number of amides is 16.